The molecule has 0 spiro atoms. The summed E-state index contributed by atoms with van der Waals surface area (Å²) in [6.45, 7) is 7.04. The van der Waals surface area contributed by atoms with E-state index < -0.39 is 0 Å². The third-order valence-electron chi connectivity index (χ3n) is 3.57. The summed E-state index contributed by atoms with van der Waals surface area (Å²) >= 11 is 0. The second-order valence-electron chi connectivity index (χ2n) is 5.15. The van der Waals surface area contributed by atoms with Gasteiger partial charge >= 0.3 is 0 Å². The number of hydrogen-bond acceptors (Lipinski definition) is 3. The van der Waals surface area contributed by atoms with Crippen molar-refractivity contribution in [3.05, 3.63) is 29.8 Å². The van der Waals surface area contributed by atoms with Crippen LogP contribution in [0.2, 0.25) is 0 Å². The summed E-state index contributed by atoms with van der Waals surface area (Å²) in [5.74, 6) is 1.56. The van der Waals surface area contributed by atoms with Crippen LogP contribution in [-0.2, 0) is 11.3 Å². The summed E-state index contributed by atoms with van der Waals surface area (Å²) in [6, 6.07) is 7.89. The van der Waals surface area contributed by atoms with Crippen LogP contribution in [0.1, 0.15) is 45.1 Å². The van der Waals surface area contributed by atoms with Crippen LogP contribution in [0, 0.1) is 5.92 Å². The zero-order valence-corrected chi connectivity index (χ0v) is 12.9. The number of unbranched alkanes of at least 4 members (excludes halogenated alkanes) is 1. The minimum absolute atomic E-state index is 0.506. The molecule has 1 aromatic carbocycles. The lowest BCUT2D eigenvalue weighted by Gasteiger charge is -2.15. The van der Waals surface area contributed by atoms with Gasteiger partial charge in [-0.3, -0.25) is 0 Å². The van der Waals surface area contributed by atoms with Crippen LogP contribution in [0.25, 0.3) is 0 Å². The highest BCUT2D eigenvalue weighted by Crippen LogP contribution is 2.17. The Kier molecular flexibility index (Phi) is 9.09. The monoisotopic (exact) mass is 279 g/mol. The molecule has 20 heavy (non-hydrogen) atoms. The van der Waals surface area contributed by atoms with E-state index in [-0.39, 0.29) is 0 Å². The highest BCUT2D eigenvalue weighted by Gasteiger charge is 2.06. The van der Waals surface area contributed by atoms with E-state index in [2.05, 4.69) is 13.8 Å². The summed E-state index contributed by atoms with van der Waals surface area (Å²) in [6.07, 6.45) is 5.01. The van der Waals surface area contributed by atoms with Gasteiger partial charge in [0.15, 0.2) is 0 Å². The largest absolute Gasteiger partial charge is 0.491 e. The molecule has 0 aliphatic rings. The van der Waals surface area contributed by atoms with Crippen LogP contribution in [0.3, 0.4) is 0 Å². The van der Waals surface area contributed by atoms with E-state index >= 15 is 0 Å². The van der Waals surface area contributed by atoms with Crippen LogP contribution in [0.15, 0.2) is 24.3 Å². The average molecular weight is 279 g/mol. The second kappa shape index (κ2) is 10.7. The molecule has 0 amide bonds. The zero-order valence-electron chi connectivity index (χ0n) is 12.9. The van der Waals surface area contributed by atoms with Gasteiger partial charge in [0.2, 0.25) is 0 Å². The molecule has 1 atom stereocenters. The van der Waals surface area contributed by atoms with Gasteiger partial charge in [0, 0.05) is 18.7 Å². The molecule has 0 aliphatic carbocycles. The number of ether oxygens (including phenoxy) is 2. The highest BCUT2D eigenvalue weighted by molar-refractivity contribution is 5.32. The molecular weight excluding hydrogens is 250 g/mol. The van der Waals surface area contributed by atoms with Crippen molar-refractivity contribution in [3.8, 4) is 5.75 Å². The van der Waals surface area contributed by atoms with Crippen molar-refractivity contribution in [1.29, 1.82) is 0 Å². The maximum atomic E-state index is 5.72. The molecule has 0 radical (unpaired) electrons. The summed E-state index contributed by atoms with van der Waals surface area (Å²) < 4.78 is 11.4. The Morgan fingerprint density at radius 3 is 2.65 bits per heavy atom. The molecular formula is C17H29NO2. The number of benzene rings is 1. The number of hydrogen-bond donors (Lipinski definition) is 1. The molecule has 0 aromatic heterocycles. The van der Waals surface area contributed by atoms with Gasteiger partial charge in [0.05, 0.1) is 6.61 Å². The SMILES string of the molecule is CCCCC(CC)COCCOc1ccccc1CN. The molecule has 0 fully saturated rings. The lowest BCUT2D eigenvalue weighted by molar-refractivity contribution is 0.0697. The van der Waals surface area contributed by atoms with Gasteiger partial charge in [0.1, 0.15) is 12.4 Å². The van der Waals surface area contributed by atoms with Crippen LogP contribution in [0.5, 0.6) is 5.75 Å². The van der Waals surface area contributed by atoms with Gasteiger partial charge in [-0.25, -0.2) is 0 Å². The van der Waals surface area contributed by atoms with Gasteiger partial charge in [0.25, 0.3) is 0 Å². The third kappa shape index (κ3) is 6.40. The molecule has 1 aromatic rings. The lowest BCUT2D eigenvalue weighted by atomic mass is 10.0. The molecule has 0 saturated heterocycles. The smallest absolute Gasteiger partial charge is 0.123 e. The van der Waals surface area contributed by atoms with Crippen LogP contribution >= 0.6 is 0 Å². The normalized spacial score (nSPS) is 12.3. The molecule has 2 N–H and O–H groups in total. The molecule has 0 bridgehead atoms. The number of rotatable bonds is 11. The van der Waals surface area contributed by atoms with Crippen molar-refractivity contribution in [3.63, 3.8) is 0 Å². The van der Waals surface area contributed by atoms with Crippen molar-refractivity contribution < 1.29 is 9.47 Å². The van der Waals surface area contributed by atoms with Gasteiger partial charge in [-0.05, 0) is 18.4 Å². The molecule has 0 aliphatic heterocycles. The first kappa shape index (κ1) is 17.0. The Morgan fingerprint density at radius 1 is 1.15 bits per heavy atom. The Morgan fingerprint density at radius 2 is 1.95 bits per heavy atom. The van der Waals surface area contributed by atoms with E-state index in [4.69, 9.17) is 15.2 Å². The van der Waals surface area contributed by atoms with E-state index in [9.17, 15) is 0 Å². The fourth-order valence-electron chi connectivity index (χ4n) is 2.17. The zero-order chi connectivity index (χ0) is 14.6. The second-order valence-corrected chi connectivity index (χ2v) is 5.15. The van der Waals surface area contributed by atoms with Crippen molar-refractivity contribution in [2.45, 2.75) is 46.1 Å². The first-order valence-corrected chi connectivity index (χ1v) is 7.80. The fraction of sp³-hybridized carbons (Fsp3) is 0.647. The van der Waals surface area contributed by atoms with Crippen molar-refractivity contribution in [2.75, 3.05) is 19.8 Å². The topological polar surface area (TPSA) is 44.5 Å². The lowest BCUT2D eigenvalue weighted by Crippen LogP contribution is -2.14. The first-order chi connectivity index (χ1) is 9.81. The van der Waals surface area contributed by atoms with Crippen molar-refractivity contribution >= 4 is 0 Å². The minimum Gasteiger partial charge on any atom is -0.491 e. The maximum absolute atomic E-state index is 5.72. The molecule has 1 rings (SSSR count). The molecule has 1 unspecified atom stereocenters. The van der Waals surface area contributed by atoms with E-state index in [0.717, 1.165) is 17.9 Å². The molecule has 114 valence electrons. The molecule has 3 nitrogen and oxygen atoms in total. The maximum Gasteiger partial charge on any atom is 0.123 e. The molecule has 3 heteroatoms. The fourth-order valence-corrected chi connectivity index (χ4v) is 2.17. The predicted octanol–water partition coefficient (Wildman–Crippen LogP) is 3.76. The van der Waals surface area contributed by atoms with Gasteiger partial charge in [-0.15, -0.1) is 0 Å². The quantitative estimate of drug-likeness (QED) is 0.627. The summed E-state index contributed by atoms with van der Waals surface area (Å²) in [4.78, 5) is 0. The summed E-state index contributed by atoms with van der Waals surface area (Å²) in [5, 5.41) is 0. The van der Waals surface area contributed by atoms with Crippen LogP contribution < -0.4 is 10.5 Å². The van der Waals surface area contributed by atoms with Gasteiger partial charge in [-0.2, -0.15) is 0 Å². The van der Waals surface area contributed by atoms with Gasteiger partial charge in [-0.1, -0.05) is 51.3 Å². The first-order valence-electron chi connectivity index (χ1n) is 7.80. The number of para-hydroxylation sites is 1. The molecule has 0 saturated carbocycles. The standard InChI is InChI=1S/C17H29NO2/c1-3-5-8-15(4-2)14-19-11-12-20-17-10-7-6-9-16(17)13-18/h6-7,9-10,15H,3-5,8,11-14,18H2,1-2H3. The average Bonchev–Trinajstić information content (AvgIpc) is 2.50. The number of nitrogens with two attached hydrogens (primary N) is 1. The van der Waals surface area contributed by atoms with E-state index in [1.165, 1.54) is 25.7 Å². The summed E-state index contributed by atoms with van der Waals surface area (Å²) in [5.41, 5.74) is 6.72. The minimum atomic E-state index is 0.506. The van der Waals surface area contributed by atoms with E-state index in [1.54, 1.807) is 0 Å². The Balaban J connectivity index is 2.18. The van der Waals surface area contributed by atoms with Crippen molar-refractivity contribution in [2.24, 2.45) is 11.7 Å². The molecule has 0 heterocycles. The van der Waals surface area contributed by atoms with E-state index in [1.807, 2.05) is 24.3 Å². The third-order valence-corrected chi connectivity index (χ3v) is 3.57. The Bertz CT molecular complexity index is 355. The van der Waals surface area contributed by atoms with Crippen LogP contribution in [-0.4, -0.2) is 19.8 Å². The van der Waals surface area contributed by atoms with E-state index in [0.29, 0.717) is 25.7 Å². The Hall–Kier alpha value is -1.06. The summed E-state index contributed by atoms with van der Waals surface area (Å²) in [7, 11) is 0. The van der Waals surface area contributed by atoms with Crippen molar-refractivity contribution in [1.82, 2.24) is 0 Å². The predicted molar refractivity (Wildman–Crippen MR) is 84.0 cm³/mol. The van der Waals surface area contributed by atoms with Crippen LogP contribution in [0.4, 0.5) is 0 Å². The highest BCUT2D eigenvalue weighted by atomic mass is 16.5. The van der Waals surface area contributed by atoms with Gasteiger partial charge < -0.3 is 15.2 Å². The Labute approximate surface area is 123 Å².